The van der Waals surface area contributed by atoms with Crippen LogP contribution in [0, 0.1) is 0 Å². The van der Waals surface area contributed by atoms with Gasteiger partial charge in [0.15, 0.2) is 0 Å². The lowest BCUT2D eigenvalue weighted by Crippen LogP contribution is -2.31. The van der Waals surface area contributed by atoms with Gasteiger partial charge >= 0.3 is 0 Å². The molecular weight excluding hydrogens is 356 g/mol. The van der Waals surface area contributed by atoms with Crippen LogP contribution in [0.25, 0.3) is 32.8 Å². The first-order valence-electron chi connectivity index (χ1n) is 8.34. The van der Waals surface area contributed by atoms with Crippen LogP contribution in [0.3, 0.4) is 0 Å². The molecule has 7 heteroatoms. The molecule has 0 spiro atoms. The van der Waals surface area contributed by atoms with Gasteiger partial charge in [-0.1, -0.05) is 48.5 Å². The summed E-state index contributed by atoms with van der Waals surface area (Å²) in [7, 11) is 1.68. The normalized spacial score (nSPS) is 11.9. The number of nitrogens with zero attached hydrogens (tertiary/aromatic N) is 4. The molecule has 4 aromatic rings. The van der Waals surface area contributed by atoms with Crippen molar-refractivity contribution >= 4 is 38.6 Å². The summed E-state index contributed by atoms with van der Waals surface area (Å²) in [5.74, 6) is 11.2. The lowest BCUT2D eigenvalue weighted by molar-refractivity contribution is 0.548. The summed E-state index contributed by atoms with van der Waals surface area (Å²) >= 11 is 1.31. The highest BCUT2D eigenvalue weighted by atomic mass is 32.2. The SMILES string of the molecule is CN(N)/C(=N\N)Sc1ncnc2ccc(-c3cccc4ccccc34)cc12. The van der Waals surface area contributed by atoms with Gasteiger partial charge in [-0.15, -0.1) is 0 Å². The molecule has 0 saturated carbocycles. The molecule has 134 valence electrons. The number of hydrogen-bond acceptors (Lipinski definition) is 6. The van der Waals surface area contributed by atoms with Crippen LogP contribution in [0.15, 0.2) is 77.1 Å². The molecule has 0 amide bonds. The molecule has 0 atom stereocenters. The van der Waals surface area contributed by atoms with Gasteiger partial charge in [-0.2, -0.15) is 5.10 Å². The first-order chi connectivity index (χ1) is 13.2. The summed E-state index contributed by atoms with van der Waals surface area (Å²) in [6, 6.07) is 20.9. The summed E-state index contributed by atoms with van der Waals surface area (Å²) < 4.78 is 0. The van der Waals surface area contributed by atoms with Crippen LogP contribution < -0.4 is 11.7 Å². The van der Waals surface area contributed by atoms with Gasteiger partial charge in [0.2, 0.25) is 5.17 Å². The van der Waals surface area contributed by atoms with Crippen LogP contribution >= 0.6 is 11.8 Å². The second-order valence-electron chi connectivity index (χ2n) is 6.06. The smallest absolute Gasteiger partial charge is 0.202 e. The zero-order valence-corrected chi connectivity index (χ0v) is 15.5. The van der Waals surface area contributed by atoms with E-state index < -0.39 is 0 Å². The second-order valence-corrected chi connectivity index (χ2v) is 7.02. The van der Waals surface area contributed by atoms with Gasteiger partial charge < -0.3 is 5.84 Å². The number of hydrazone groups is 1. The average molecular weight is 374 g/mol. The predicted molar refractivity (Wildman–Crippen MR) is 112 cm³/mol. The van der Waals surface area contributed by atoms with Crippen LogP contribution in [-0.4, -0.2) is 27.2 Å². The highest BCUT2D eigenvalue weighted by Gasteiger charge is 2.12. The Bertz CT molecular complexity index is 1150. The molecule has 0 aliphatic carbocycles. The summed E-state index contributed by atoms with van der Waals surface area (Å²) in [5, 5.41) is 9.65. The first-order valence-corrected chi connectivity index (χ1v) is 9.16. The van der Waals surface area contributed by atoms with Crippen molar-refractivity contribution in [3.63, 3.8) is 0 Å². The Hall–Kier alpha value is -3.16. The molecule has 0 bridgehead atoms. The van der Waals surface area contributed by atoms with Crippen molar-refractivity contribution in [3.8, 4) is 11.1 Å². The van der Waals surface area contributed by atoms with E-state index in [0.29, 0.717) is 5.17 Å². The maximum absolute atomic E-state index is 5.78. The molecule has 0 unspecified atom stereocenters. The molecule has 1 aromatic heterocycles. The average Bonchev–Trinajstić information content (AvgIpc) is 2.71. The van der Waals surface area contributed by atoms with Crippen molar-refractivity contribution in [1.29, 1.82) is 0 Å². The number of hydrogen-bond donors (Lipinski definition) is 2. The number of hydrazine groups is 1. The maximum Gasteiger partial charge on any atom is 0.202 e. The fourth-order valence-corrected chi connectivity index (χ4v) is 3.78. The van der Waals surface area contributed by atoms with E-state index in [1.807, 2.05) is 12.1 Å². The lowest BCUT2D eigenvalue weighted by atomic mass is 9.97. The van der Waals surface area contributed by atoms with E-state index in [1.165, 1.54) is 39.4 Å². The van der Waals surface area contributed by atoms with Gasteiger partial charge in [-0.05, 0) is 45.8 Å². The number of benzene rings is 3. The Morgan fingerprint density at radius 2 is 1.81 bits per heavy atom. The van der Waals surface area contributed by atoms with Crippen LogP contribution in [0.5, 0.6) is 0 Å². The van der Waals surface area contributed by atoms with Crippen molar-refractivity contribution in [2.75, 3.05) is 7.05 Å². The van der Waals surface area contributed by atoms with Gasteiger partial charge in [0.1, 0.15) is 11.4 Å². The molecular formula is C20H18N6S. The van der Waals surface area contributed by atoms with E-state index in [2.05, 4.69) is 63.6 Å². The van der Waals surface area contributed by atoms with Gasteiger partial charge in [-0.3, -0.25) is 5.01 Å². The molecule has 0 saturated heterocycles. The van der Waals surface area contributed by atoms with Gasteiger partial charge in [0.25, 0.3) is 0 Å². The van der Waals surface area contributed by atoms with E-state index in [1.54, 1.807) is 7.05 Å². The van der Waals surface area contributed by atoms with Crippen LogP contribution in [0.4, 0.5) is 0 Å². The Labute approximate surface area is 160 Å². The number of nitrogens with two attached hydrogens (primary N) is 2. The predicted octanol–water partition coefficient (Wildman–Crippen LogP) is 3.58. The molecule has 0 radical (unpaired) electrons. The largest absolute Gasteiger partial charge is 0.321 e. The minimum atomic E-state index is 0.463. The third-order valence-corrected chi connectivity index (χ3v) is 5.39. The van der Waals surface area contributed by atoms with E-state index in [9.17, 15) is 0 Å². The van der Waals surface area contributed by atoms with Crippen molar-refractivity contribution < 1.29 is 0 Å². The van der Waals surface area contributed by atoms with Crippen molar-refractivity contribution in [3.05, 3.63) is 67.0 Å². The summed E-state index contributed by atoms with van der Waals surface area (Å²) in [6.45, 7) is 0. The van der Waals surface area contributed by atoms with E-state index in [0.717, 1.165) is 21.5 Å². The van der Waals surface area contributed by atoms with Crippen molar-refractivity contribution in [2.24, 2.45) is 16.8 Å². The molecule has 6 nitrogen and oxygen atoms in total. The number of aromatic nitrogens is 2. The molecule has 3 aromatic carbocycles. The molecule has 4 N–H and O–H groups in total. The second kappa shape index (κ2) is 7.22. The molecule has 1 heterocycles. The monoisotopic (exact) mass is 374 g/mol. The fourth-order valence-electron chi connectivity index (χ4n) is 3.03. The van der Waals surface area contributed by atoms with Gasteiger partial charge in [0.05, 0.1) is 5.52 Å². The summed E-state index contributed by atoms with van der Waals surface area (Å²) in [5.41, 5.74) is 3.12. The minimum Gasteiger partial charge on any atom is -0.321 e. The fraction of sp³-hybridized carbons (Fsp3) is 0.0500. The Balaban J connectivity index is 1.88. The first kappa shape index (κ1) is 17.3. The Morgan fingerprint density at radius 1 is 1.00 bits per heavy atom. The number of rotatable bonds is 2. The van der Waals surface area contributed by atoms with Crippen molar-refractivity contribution in [2.45, 2.75) is 5.03 Å². The van der Waals surface area contributed by atoms with Crippen LogP contribution in [-0.2, 0) is 0 Å². The number of thioether (sulfide) groups is 1. The van der Waals surface area contributed by atoms with Gasteiger partial charge in [-0.25, -0.2) is 15.8 Å². The van der Waals surface area contributed by atoms with E-state index in [4.69, 9.17) is 11.7 Å². The quantitative estimate of drug-likeness (QED) is 0.139. The zero-order chi connectivity index (χ0) is 18.8. The number of amidine groups is 1. The van der Waals surface area contributed by atoms with Crippen molar-refractivity contribution in [1.82, 2.24) is 15.0 Å². The molecule has 0 fully saturated rings. The zero-order valence-electron chi connectivity index (χ0n) is 14.7. The highest BCUT2D eigenvalue weighted by Crippen LogP contribution is 2.33. The molecule has 0 aliphatic heterocycles. The highest BCUT2D eigenvalue weighted by molar-refractivity contribution is 8.13. The minimum absolute atomic E-state index is 0.463. The van der Waals surface area contributed by atoms with E-state index in [-0.39, 0.29) is 0 Å². The topological polar surface area (TPSA) is 93.4 Å². The van der Waals surface area contributed by atoms with Crippen LogP contribution in [0.1, 0.15) is 0 Å². The third-order valence-electron chi connectivity index (χ3n) is 4.30. The summed E-state index contributed by atoms with van der Waals surface area (Å²) in [6.07, 6.45) is 1.53. The third kappa shape index (κ3) is 3.30. The molecule has 27 heavy (non-hydrogen) atoms. The maximum atomic E-state index is 5.78. The lowest BCUT2D eigenvalue weighted by Gasteiger charge is -2.14. The number of fused-ring (bicyclic) bond motifs is 2. The Kier molecular flexibility index (Phi) is 4.62. The van der Waals surface area contributed by atoms with Gasteiger partial charge in [0, 0.05) is 12.4 Å². The Morgan fingerprint density at radius 3 is 2.63 bits per heavy atom. The molecule has 4 rings (SSSR count). The molecule has 0 aliphatic rings. The van der Waals surface area contributed by atoms with Crippen LogP contribution in [0.2, 0.25) is 0 Å². The standard InChI is InChI=1S/C20H18N6S/c1-26(22)20(25-21)27-19-17-11-14(9-10-18(17)23-12-24-19)16-8-4-6-13-5-2-3-7-15(13)16/h2-12H,21-22H2,1H3/b25-20+. The summed E-state index contributed by atoms with van der Waals surface area (Å²) in [4.78, 5) is 8.78. The van der Waals surface area contributed by atoms with E-state index >= 15 is 0 Å².